The maximum Gasteiger partial charge on any atom is 0.350 e. The number of nitrogens with one attached hydrogen (secondary N) is 1. The molecule has 0 bridgehead atoms. The van der Waals surface area contributed by atoms with Crippen LogP contribution in [0.1, 0.15) is 21.5 Å². The minimum atomic E-state index is -3.67. The quantitative estimate of drug-likeness (QED) is 0.855. The highest BCUT2D eigenvalue weighted by molar-refractivity contribution is 7.94. The van der Waals surface area contributed by atoms with E-state index in [2.05, 4.69) is 9.46 Å². The Labute approximate surface area is 125 Å². The minimum absolute atomic E-state index is 0.233. The maximum atomic E-state index is 12.2. The second kappa shape index (κ2) is 5.94. The zero-order valence-corrected chi connectivity index (χ0v) is 13.3. The van der Waals surface area contributed by atoms with Gasteiger partial charge in [0.15, 0.2) is 0 Å². The van der Waals surface area contributed by atoms with Crippen LogP contribution in [0.2, 0.25) is 0 Å². The molecule has 1 N–H and O–H groups in total. The number of esters is 1. The number of thiophene rings is 2. The van der Waals surface area contributed by atoms with E-state index in [1.807, 2.05) is 6.92 Å². The molecule has 0 aromatic carbocycles. The highest BCUT2D eigenvalue weighted by Gasteiger charge is 2.21. The molecule has 0 saturated carbocycles. The molecule has 108 valence electrons. The van der Waals surface area contributed by atoms with Gasteiger partial charge in [-0.25, -0.2) is 13.2 Å². The van der Waals surface area contributed by atoms with Crippen LogP contribution in [-0.4, -0.2) is 21.5 Å². The molecule has 0 fully saturated rings. The van der Waals surface area contributed by atoms with E-state index in [-0.39, 0.29) is 14.8 Å². The van der Waals surface area contributed by atoms with E-state index in [0.29, 0.717) is 0 Å². The first-order valence-electron chi connectivity index (χ1n) is 5.75. The van der Waals surface area contributed by atoms with Crippen molar-refractivity contribution in [3.8, 4) is 0 Å². The standard InChI is InChI=1S/C12H13NO4S3/c1-3-8-4-5-10(19-8)20(15,16)13-9-6-7-18-11(9)12(14)17-2/h4-7,13H,3H2,1-2H3. The summed E-state index contributed by atoms with van der Waals surface area (Å²) < 4.78 is 31.8. The van der Waals surface area contributed by atoms with Crippen LogP contribution in [0.4, 0.5) is 5.69 Å². The first-order chi connectivity index (χ1) is 9.47. The van der Waals surface area contributed by atoms with Crippen molar-refractivity contribution in [1.82, 2.24) is 0 Å². The largest absolute Gasteiger partial charge is 0.465 e. The second-order valence-electron chi connectivity index (χ2n) is 3.83. The van der Waals surface area contributed by atoms with Crippen LogP contribution in [0.15, 0.2) is 27.8 Å². The Balaban J connectivity index is 2.29. The molecule has 2 aromatic heterocycles. The molecule has 0 spiro atoms. The van der Waals surface area contributed by atoms with E-state index in [1.165, 1.54) is 18.4 Å². The van der Waals surface area contributed by atoms with Crippen molar-refractivity contribution in [2.24, 2.45) is 0 Å². The average Bonchev–Trinajstić information content (AvgIpc) is 3.06. The van der Waals surface area contributed by atoms with Crippen LogP contribution in [0.5, 0.6) is 0 Å². The van der Waals surface area contributed by atoms with E-state index in [4.69, 9.17) is 0 Å². The van der Waals surface area contributed by atoms with Crippen LogP contribution in [0.3, 0.4) is 0 Å². The fourth-order valence-corrected chi connectivity index (χ4v) is 4.73. The van der Waals surface area contributed by atoms with Gasteiger partial charge in [0, 0.05) is 4.88 Å². The Morgan fingerprint density at radius 2 is 2.10 bits per heavy atom. The van der Waals surface area contributed by atoms with E-state index in [1.54, 1.807) is 23.6 Å². The molecular weight excluding hydrogens is 318 g/mol. The van der Waals surface area contributed by atoms with Crippen LogP contribution in [-0.2, 0) is 21.2 Å². The molecule has 0 atom stereocenters. The lowest BCUT2D eigenvalue weighted by molar-refractivity contribution is 0.0607. The molecule has 0 aliphatic rings. The predicted octanol–water partition coefficient (Wildman–Crippen LogP) is 2.96. The molecule has 0 amide bonds. The van der Waals surface area contributed by atoms with Crippen LogP contribution >= 0.6 is 22.7 Å². The van der Waals surface area contributed by atoms with E-state index in [9.17, 15) is 13.2 Å². The highest BCUT2D eigenvalue weighted by atomic mass is 32.2. The van der Waals surface area contributed by atoms with Gasteiger partial charge in [-0.2, -0.15) is 0 Å². The Morgan fingerprint density at radius 3 is 2.70 bits per heavy atom. The third-order valence-electron chi connectivity index (χ3n) is 2.53. The Bertz CT molecular complexity index is 715. The Kier molecular flexibility index (Phi) is 4.46. The van der Waals surface area contributed by atoms with Gasteiger partial charge in [0.05, 0.1) is 12.8 Å². The zero-order chi connectivity index (χ0) is 14.8. The molecule has 5 nitrogen and oxygen atoms in total. The molecule has 2 aromatic rings. The van der Waals surface area contributed by atoms with Crippen molar-refractivity contribution in [3.63, 3.8) is 0 Å². The molecule has 2 rings (SSSR count). The van der Waals surface area contributed by atoms with Gasteiger partial charge in [-0.1, -0.05) is 6.92 Å². The topological polar surface area (TPSA) is 72.5 Å². The summed E-state index contributed by atoms with van der Waals surface area (Å²) in [6.07, 6.45) is 0.784. The van der Waals surface area contributed by atoms with Gasteiger partial charge in [0.25, 0.3) is 10.0 Å². The Hall–Kier alpha value is -1.38. The molecule has 0 aliphatic heterocycles. The highest BCUT2D eigenvalue weighted by Crippen LogP contribution is 2.28. The van der Waals surface area contributed by atoms with E-state index >= 15 is 0 Å². The van der Waals surface area contributed by atoms with Crippen molar-refractivity contribution >= 4 is 44.4 Å². The lowest BCUT2D eigenvalue weighted by Gasteiger charge is -2.06. The number of anilines is 1. The van der Waals surface area contributed by atoms with Gasteiger partial charge in [-0.15, -0.1) is 22.7 Å². The summed E-state index contributed by atoms with van der Waals surface area (Å²) >= 11 is 2.35. The number of carbonyl (C=O) groups is 1. The van der Waals surface area contributed by atoms with Gasteiger partial charge in [-0.3, -0.25) is 4.72 Å². The number of methoxy groups -OCH3 is 1. The van der Waals surface area contributed by atoms with Crippen molar-refractivity contribution < 1.29 is 17.9 Å². The normalized spacial score (nSPS) is 11.3. The van der Waals surface area contributed by atoms with Crippen molar-refractivity contribution in [1.29, 1.82) is 0 Å². The number of carbonyl (C=O) groups excluding carboxylic acids is 1. The minimum Gasteiger partial charge on any atom is -0.465 e. The molecule has 2 heterocycles. The number of sulfonamides is 1. The molecule has 8 heteroatoms. The SMILES string of the molecule is CCc1ccc(S(=O)(=O)Nc2ccsc2C(=O)OC)s1. The van der Waals surface area contributed by atoms with Crippen LogP contribution in [0.25, 0.3) is 0 Å². The van der Waals surface area contributed by atoms with Gasteiger partial charge >= 0.3 is 5.97 Å². The summed E-state index contributed by atoms with van der Waals surface area (Å²) in [6, 6.07) is 4.90. The van der Waals surface area contributed by atoms with Crippen molar-refractivity contribution in [2.75, 3.05) is 11.8 Å². The molecule has 0 unspecified atom stereocenters. The number of ether oxygens (including phenoxy) is 1. The van der Waals surface area contributed by atoms with E-state index in [0.717, 1.165) is 22.6 Å². The summed E-state index contributed by atoms with van der Waals surface area (Å²) in [5, 5.41) is 1.63. The maximum absolute atomic E-state index is 12.2. The number of aryl methyl sites for hydroxylation is 1. The average molecular weight is 331 g/mol. The monoisotopic (exact) mass is 331 g/mol. The van der Waals surface area contributed by atoms with E-state index < -0.39 is 16.0 Å². The second-order valence-corrected chi connectivity index (χ2v) is 7.83. The predicted molar refractivity (Wildman–Crippen MR) is 80.2 cm³/mol. The van der Waals surface area contributed by atoms with Crippen LogP contribution in [0, 0.1) is 0 Å². The number of rotatable bonds is 5. The fourth-order valence-electron chi connectivity index (χ4n) is 1.53. The van der Waals surface area contributed by atoms with Gasteiger partial charge in [0.1, 0.15) is 9.09 Å². The fraction of sp³-hybridized carbons (Fsp3) is 0.250. The van der Waals surface area contributed by atoms with Gasteiger partial charge < -0.3 is 4.74 Å². The molecule has 0 aliphatic carbocycles. The van der Waals surface area contributed by atoms with Gasteiger partial charge in [-0.05, 0) is 30.0 Å². The molecule has 20 heavy (non-hydrogen) atoms. The molecule has 0 radical (unpaired) electrons. The number of hydrogen-bond donors (Lipinski definition) is 1. The summed E-state index contributed by atoms with van der Waals surface area (Å²) in [7, 11) is -2.41. The third-order valence-corrected chi connectivity index (χ3v) is 6.51. The molecule has 0 saturated heterocycles. The van der Waals surface area contributed by atoms with Gasteiger partial charge in [0.2, 0.25) is 0 Å². The lowest BCUT2D eigenvalue weighted by atomic mass is 10.4. The first kappa shape index (κ1) is 15.0. The third kappa shape index (κ3) is 3.02. The first-order valence-corrected chi connectivity index (χ1v) is 8.93. The smallest absolute Gasteiger partial charge is 0.350 e. The zero-order valence-electron chi connectivity index (χ0n) is 10.9. The van der Waals surface area contributed by atoms with Crippen LogP contribution < -0.4 is 4.72 Å². The van der Waals surface area contributed by atoms with Crippen molar-refractivity contribution in [3.05, 3.63) is 33.3 Å². The number of hydrogen-bond acceptors (Lipinski definition) is 6. The summed E-state index contributed by atoms with van der Waals surface area (Å²) in [4.78, 5) is 12.8. The summed E-state index contributed by atoms with van der Waals surface area (Å²) in [5.74, 6) is -0.557. The summed E-state index contributed by atoms with van der Waals surface area (Å²) in [6.45, 7) is 1.96. The summed E-state index contributed by atoms with van der Waals surface area (Å²) in [5.41, 5.74) is 0.244. The van der Waals surface area contributed by atoms with Crippen molar-refractivity contribution in [2.45, 2.75) is 17.6 Å². The molecular formula is C12H13NO4S3. The lowest BCUT2D eigenvalue weighted by Crippen LogP contribution is -2.13. The Morgan fingerprint density at radius 1 is 1.35 bits per heavy atom.